The molecular formula is C10H19BrCl2O3Si. The number of halogens is 3. The van der Waals surface area contributed by atoms with Crippen molar-refractivity contribution in [3.05, 3.63) is 0 Å². The van der Waals surface area contributed by atoms with E-state index in [0.29, 0.717) is 13.2 Å². The van der Waals surface area contributed by atoms with E-state index in [0.717, 1.165) is 6.04 Å². The molecule has 0 fully saturated rings. The molecule has 0 aromatic heterocycles. The lowest BCUT2D eigenvalue weighted by atomic mass is 10.2. The molecule has 0 saturated carbocycles. The predicted molar refractivity (Wildman–Crippen MR) is 77.5 cm³/mol. The Morgan fingerprint density at radius 2 is 1.94 bits per heavy atom. The first kappa shape index (κ1) is 17.7. The van der Waals surface area contributed by atoms with Gasteiger partial charge in [0.25, 0.3) is 0 Å². The van der Waals surface area contributed by atoms with Crippen molar-refractivity contribution in [2.75, 3.05) is 19.8 Å². The second-order valence-electron chi connectivity index (χ2n) is 4.27. The number of alkyl halides is 1. The number of ether oxygens (including phenoxy) is 2. The van der Waals surface area contributed by atoms with Gasteiger partial charge in [-0.25, -0.2) is 0 Å². The highest BCUT2D eigenvalue weighted by Crippen LogP contribution is 2.25. The fourth-order valence-corrected chi connectivity index (χ4v) is 6.29. The van der Waals surface area contributed by atoms with Crippen molar-refractivity contribution in [3.8, 4) is 0 Å². The summed E-state index contributed by atoms with van der Waals surface area (Å²) in [5.74, 6) is -0.302. The third kappa shape index (κ3) is 11.5. The Morgan fingerprint density at radius 3 is 2.41 bits per heavy atom. The summed E-state index contributed by atoms with van der Waals surface area (Å²) in [5.41, 5.74) is 0. The van der Waals surface area contributed by atoms with Crippen LogP contribution < -0.4 is 0 Å². The van der Waals surface area contributed by atoms with Gasteiger partial charge in [0.15, 0.2) is 0 Å². The molecular weight excluding hydrogens is 347 g/mol. The van der Waals surface area contributed by atoms with Gasteiger partial charge in [-0.05, 0) is 12.6 Å². The van der Waals surface area contributed by atoms with Gasteiger partial charge < -0.3 is 9.47 Å². The standard InChI is InChI=1S/C10H19BrCl2O3Si/c1-8(2)10(14)16-5-4-15-6-9(11)7-17(3,12)13/h8-9H,4-7H2,1-3H3. The van der Waals surface area contributed by atoms with Crippen molar-refractivity contribution >= 4 is 50.8 Å². The summed E-state index contributed by atoms with van der Waals surface area (Å²) in [6.45, 7) is 4.56. The second kappa shape index (κ2) is 8.75. The molecule has 0 spiro atoms. The zero-order chi connectivity index (χ0) is 13.5. The molecule has 0 amide bonds. The molecule has 0 aromatic rings. The molecule has 17 heavy (non-hydrogen) atoms. The molecule has 0 saturated heterocycles. The van der Waals surface area contributed by atoms with E-state index in [1.165, 1.54) is 0 Å². The van der Waals surface area contributed by atoms with E-state index >= 15 is 0 Å². The van der Waals surface area contributed by atoms with Crippen LogP contribution in [0.15, 0.2) is 0 Å². The minimum Gasteiger partial charge on any atom is -0.463 e. The first-order valence-electron chi connectivity index (χ1n) is 5.48. The normalized spacial score (nSPS) is 13.8. The van der Waals surface area contributed by atoms with Crippen molar-refractivity contribution in [1.29, 1.82) is 0 Å². The lowest BCUT2D eigenvalue weighted by molar-refractivity contribution is -0.148. The Hall–Kier alpha value is 0.707. The van der Waals surface area contributed by atoms with Gasteiger partial charge in [-0.1, -0.05) is 29.8 Å². The lowest BCUT2D eigenvalue weighted by Crippen LogP contribution is -2.23. The molecule has 0 aliphatic rings. The lowest BCUT2D eigenvalue weighted by Gasteiger charge is -2.15. The number of esters is 1. The van der Waals surface area contributed by atoms with Crippen LogP contribution in [0.2, 0.25) is 12.6 Å². The van der Waals surface area contributed by atoms with Crippen LogP contribution in [0.3, 0.4) is 0 Å². The molecule has 0 aliphatic heterocycles. The van der Waals surface area contributed by atoms with Crippen molar-refractivity contribution < 1.29 is 14.3 Å². The summed E-state index contributed by atoms with van der Waals surface area (Å²) in [6, 6.07) is 0.724. The second-order valence-corrected chi connectivity index (χ2v) is 13.7. The maximum Gasteiger partial charge on any atom is 0.308 e. The van der Waals surface area contributed by atoms with Crippen molar-refractivity contribution in [2.24, 2.45) is 5.92 Å². The molecule has 0 rings (SSSR count). The summed E-state index contributed by atoms with van der Waals surface area (Å²) < 4.78 is 10.3. The molecule has 0 heterocycles. The first-order valence-corrected chi connectivity index (χ1v) is 11.1. The van der Waals surface area contributed by atoms with Gasteiger partial charge in [-0.2, -0.15) is 0 Å². The fourth-order valence-electron chi connectivity index (χ4n) is 1.03. The smallest absolute Gasteiger partial charge is 0.308 e. The van der Waals surface area contributed by atoms with Crippen LogP contribution in [0, 0.1) is 5.92 Å². The van der Waals surface area contributed by atoms with Crippen LogP contribution in [0.4, 0.5) is 0 Å². The molecule has 1 unspecified atom stereocenters. The Balaban J connectivity index is 3.49. The molecule has 3 nitrogen and oxygen atoms in total. The zero-order valence-electron chi connectivity index (χ0n) is 10.3. The van der Waals surface area contributed by atoms with E-state index in [2.05, 4.69) is 15.9 Å². The number of rotatable bonds is 8. The van der Waals surface area contributed by atoms with E-state index in [-0.39, 0.29) is 23.3 Å². The third-order valence-electron chi connectivity index (χ3n) is 1.82. The van der Waals surface area contributed by atoms with Crippen LogP contribution in [0.25, 0.3) is 0 Å². The highest BCUT2D eigenvalue weighted by atomic mass is 79.9. The number of hydrogen-bond donors (Lipinski definition) is 0. The summed E-state index contributed by atoms with van der Waals surface area (Å²) in [4.78, 5) is 11.3. The van der Waals surface area contributed by atoms with Gasteiger partial charge in [0.2, 0.25) is 6.69 Å². The van der Waals surface area contributed by atoms with E-state index in [1.54, 1.807) is 13.8 Å². The molecule has 7 heteroatoms. The molecule has 0 aromatic carbocycles. The molecule has 0 N–H and O–H groups in total. The molecule has 0 aliphatic carbocycles. The first-order chi connectivity index (χ1) is 7.72. The zero-order valence-corrected chi connectivity index (χ0v) is 14.4. The van der Waals surface area contributed by atoms with Crippen molar-refractivity contribution in [2.45, 2.75) is 31.3 Å². The molecule has 102 valence electrons. The Morgan fingerprint density at radius 1 is 1.35 bits per heavy atom. The van der Waals surface area contributed by atoms with E-state index in [1.807, 2.05) is 6.55 Å². The molecule has 1 atom stereocenters. The summed E-state index contributed by atoms with van der Waals surface area (Å²) in [5, 5.41) is 0. The summed E-state index contributed by atoms with van der Waals surface area (Å²) >= 11 is 15.4. The van der Waals surface area contributed by atoms with E-state index in [4.69, 9.17) is 31.6 Å². The van der Waals surface area contributed by atoms with Gasteiger partial charge in [0, 0.05) is 4.83 Å². The SMILES string of the molecule is CC(C)C(=O)OCCOCC(Br)C[Si](C)(Cl)Cl. The minimum absolute atomic E-state index is 0.0990. The van der Waals surface area contributed by atoms with Crippen LogP contribution in [0.1, 0.15) is 13.8 Å². The van der Waals surface area contributed by atoms with E-state index < -0.39 is 6.69 Å². The van der Waals surface area contributed by atoms with Gasteiger partial charge in [0.05, 0.1) is 19.1 Å². The quantitative estimate of drug-likeness (QED) is 0.217. The monoisotopic (exact) mass is 364 g/mol. The summed E-state index contributed by atoms with van der Waals surface area (Å²) in [7, 11) is 0. The highest BCUT2D eigenvalue weighted by Gasteiger charge is 2.24. The van der Waals surface area contributed by atoms with Gasteiger partial charge in [0.1, 0.15) is 6.61 Å². The van der Waals surface area contributed by atoms with Crippen molar-refractivity contribution in [3.63, 3.8) is 0 Å². The highest BCUT2D eigenvalue weighted by molar-refractivity contribution is 9.09. The van der Waals surface area contributed by atoms with Gasteiger partial charge in [-0.15, -0.1) is 22.2 Å². The Labute approximate surface area is 122 Å². The van der Waals surface area contributed by atoms with Crippen molar-refractivity contribution in [1.82, 2.24) is 0 Å². The average Bonchev–Trinajstić information content (AvgIpc) is 2.13. The Bertz CT molecular complexity index is 234. The maximum absolute atomic E-state index is 11.1. The van der Waals surface area contributed by atoms with Crippen LogP contribution >= 0.6 is 38.1 Å². The largest absolute Gasteiger partial charge is 0.463 e. The summed E-state index contributed by atoms with van der Waals surface area (Å²) in [6.07, 6.45) is 0. The number of carbonyl (C=O) groups excluding carboxylic acids is 1. The number of hydrogen-bond acceptors (Lipinski definition) is 3. The fraction of sp³-hybridized carbons (Fsp3) is 0.900. The topological polar surface area (TPSA) is 35.5 Å². The minimum atomic E-state index is -2.09. The predicted octanol–water partition coefficient (Wildman–Crippen LogP) is 3.52. The van der Waals surface area contributed by atoms with E-state index in [9.17, 15) is 4.79 Å². The van der Waals surface area contributed by atoms with Crippen LogP contribution in [-0.4, -0.2) is 37.3 Å². The third-order valence-corrected chi connectivity index (χ3v) is 5.14. The van der Waals surface area contributed by atoms with Gasteiger partial charge in [-0.3, -0.25) is 4.79 Å². The Kier molecular flexibility index (Phi) is 9.11. The number of carbonyl (C=O) groups is 1. The maximum atomic E-state index is 11.1. The average molecular weight is 366 g/mol. The van der Waals surface area contributed by atoms with Crippen LogP contribution in [0.5, 0.6) is 0 Å². The van der Waals surface area contributed by atoms with Gasteiger partial charge >= 0.3 is 5.97 Å². The molecule has 0 bridgehead atoms. The molecule has 0 radical (unpaired) electrons. The van der Waals surface area contributed by atoms with Crippen LogP contribution in [-0.2, 0) is 14.3 Å².